The summed E-state index contributed by atoms with van der Waals surface area (Å²) in [5, 5.41) is 14.6. The molecule has 0 radical (unpaired) electrons. The average Bonchev–Trinajstić information content (AvgIpc) is 2.95. The normalized spacial score (nSPS) is 15.6. The standard InChI is InChI=1S/C18H25N5O2/c1-2-23-17(20-21-22-23)13-25-16-11-9-14(10-12-16)18(24)19-15-7-5-3-4-6-8-15/h9-12,15H,2-8,13H2,1H3,(H,19,24). The molecule has 1 saturated carbocycles. The highest BCUT2D eigenvalue weighted by Gasteiger charge is 2.15. The monoisotopic (exact) mass is 343 g/mol. The molecular formula is C18H25N5O2. The summed E-state index contributed by atoms with van der Waals surface area (Å²) in [4.78, 5) is 12.4. The predicted octanol–water partition coefficient (Wildman–Crippen LogP) is 2.72. The minimum atomic E-state index is -0.00613. The second-order valence-electron chi connectivity index (χ2n) is 6.39. The van der Waals surface area contributed by atoms with Crippen molar-refractivity contribution in [2.75, 3.05) is 0 Å². The van der Waals surface area contributed by atoms with Gasteiger partial charge in [-0.3, -0.25) is 4.79 Å². The maximum atomic E-state index is 12.4. The van der Waals surface area contributed by atoms with E-state index in [1.165, 1.54) is 25.7 Å². The molecule has 0 spiro atoms. The number of carbonyl (C=O) groups is 1. The van der Waals surface area contributed by atoms with Gasteiger partial charge in [-0.2, -0.15) is 0 Å². The number of nitrogens with zero attached hydrogens (tertiary/aromatic N) is 4. The van der Waals surface area contributed by atoms with Crippen LogP contribution in [0.15, 0.2) is 24.3 Å². The highest BCUT2D eigenvalue weighted by Crippen LogP contribution is 2.18. The van der Waals surface area contributed by atoms with Crippen LogP contribution in [0.2, 0.25) is 0 Å². The van der Waals surface area contributed by atoms with E-state index in [1.54, 1.807) is 16.8 Å². The van der Waals surface area contributed by atoms with Crippen molar-refractivity contribution in [2.45, 2.75) is 64.6 Å². The van der Waals surface area contributed by atoms with E-state index < -0.39 is 0 Å². The lowest BCUT2D eigenvalue weighted by Gasteiger charge is -2.16. The molecule has 7 heteroatoms. The zero-order chi connectivity index (χ0) is 17.5. The Balaban J connectivity index is 1.53. The van der Waals surface area contributed by atoms with Crippen molar-refractivity contribution in [3.8, 4) is 5.75 Å². The smallest absolute Gasteiger partial charge is 0.251 e. The van der Waals surface area contributed by atoms with Crippen molar-refractivity contribution < 1.29 is 9.53 Å². The summed E-state index contributed by atoms with van der Waals surface area (Å²) < 4.78 is 7.39. The van der Waals surface area contributed by atoms with Crippen LogP contribution < -0.4 is 10.1 Å². The van der Waals surface area contributed by atoms with E-state index in [4.69, 9.17) is 4.74 Å². The molecule has 0 bridgehead atoms. The van der Waals surface area contributed by atoms with Gasteiger partial charge >= 0.3 is 0 Å². The van der Waals surface area contributed by atoms with E-state index in [-0.39, 0.29) is 5.91 Å². The Labute approximate surface area is 147 Å². The molecule has 0 atom stereocenters. The van der Waals surface area contributed by atoms with E-state index in [0.717, 1.165) is 12.8 Å². The molecule has 0 saturated heterocycles. The van der Waals surface area contributed by atoms with Gasteiger partial charge in [0.25, 0.3) is 5.91 Å². The molecular weight excluding hydrogens is 318 g/mol. The van der Waals surface area contributed by atoms with E-state index in [1.807, 2.05) is 19.1 Å². The number of tetrazole rings is 1. The minimum absolute atomic E-state index is 0.00613. The van der Waals surface area contributed by atoms with Gasteiger partial charge in [0, 0.05) is 18.2 Å². The van der Waals surface area contributed by atoms with E-state index in [9.17, 15) is 4.79 Å². The van der Waals surface area contributed by atoms with Gasteiger partial charge in [0.2, 0.25) is 0 Å². The molecule has 25 heavy (non-hydrogen) atoms. The van der Waals surface area contributed by atoms with Crippen molar-refractivity contribution in [2.24, 2.45) is 0 Å². The Kier molecular flexibility index (Phi) is 5.98. The van der Waals surface area contributed by atoms with Gasteiger partial charge in [0.15, 0.2) is 5.82 Å². The van der Waals surface area contributed by atoms with Gasteiger partial charge in [-0.1, -0.05) is 25.7 Å². The summed E-state index contributed by atoms with van der Waals surface area (Å²) in [5.74, 6) is 1.36. The van der Waals surface area contributed by atoms with Crippen LogP contribution in [0.4, 0.5) is 0 Å². The quantitative estimate of drug-likeness (QED) is 0.816. The number of aromatic nitrogens is 4. The van der Waals surface area contributed by atoms with Crippen LogP contribution in [0, 0.1) is 0 Å². The van der Waals surface area contributed by atoms with E-state index in [2.05, 4.69) is 20.8 Å². The molecule has 1 amide bonds. The maximum absolute atomic E-state index is 12.4. The molecule has 1 aromatic heterocycles. The third kappa shape index (κ3) is 4.78. The first-order valence-electron chi connectivity index (χ1n) is 9.05. The maximum Gasteiger partial charge on any atom is 0.251 e. The minimum Gasteiger partial charge on any atom is -0.486 e. The molecule has 1 fully saturated rings. The van der Waals surface area contributed by atoms with Crippen molar-refractivity contribution in [3.05, 3.63) is 35.7 Å². The molecule has 1 aliphatic carbocycles. The summed E-state index contributed by atoms with van der Waals surface area (Å²) in [6.07, 6.45) is 7.13. The second kappa shape index (κ2) is 8.60. The van der Waals surface area contributed by atoms with Gasteiger partial charge in [-0.15, -0.1) is 5.10 Å². The number of nitrogens with one attached hydrogen (secondary N) is 1. The zero-order valence-electron chi connectivity index (χ0n) is 14.6. The van der Waals surface area contributed by atoms with Crippen LogP contribution in [0.1, 0.15) is 61.6 Å². The Morgan fingerprint density at radius 2 is 1.92 bits per heavy atom. The number of rotatable bonds is 6. The van der Waals surface area contributed by atoms with Crippen LogP contribution in [0.25, 0.3) is 0 Å². The summed E-state index contributed by atoms with van der Waals surface area (Å²) >= 11 is 0. The number of carbonyl (C=O) groups excluding carboxylic acids is 1. The average molecular weight is 343 g/mol. The molecule has 3 rings (SSSR count). The third-order valence-corrected chi connectivity index (χ3v) is 4.58. The van der Waals surface area contributed by atoms with Crippen LogP contribution in [0.5, 0.6) is 5.75 Å². The molecule has 1 heterocycles. The second-order valence-corrected chi connectivity index (χ2v) is 6.39. The first kappa shape index (κ1) is 17.4. The predicted molar refractivity (Wildman–Crippen MR) is 93.2 cm³/mol. The van der Waals surface area contributed by atoms with Crippen molar-refractivity contribution in [3.63, 3.8) is 0 Å². The lowest BCUT2D eigenvalue weighted by Crippen LogP contribution is -2.34. The Bertz CT molecular complexity index is 675. The van der Waals surface area contributed by atoms with Gasteiger partial charge in [0.1, 0.15) is 12.4 Å². The van der Waals surface area contributed by atoms with Crippen molar-refractivity contribution >= 4 is 5.91 Å². The molecule has 0 aliphatic heterocycles. The highest BCUT2D eigenvalue weighted by atomic mass is 16.5. The number of ether oxygens (including phenoxy) is 1. The molecule has 1 aromatic carbocycles. The zero-order valence-corrected chi connectivity index (χ0v) is 14.6. The summed E-state index contributed by atoms with van der Waals surface area (Å²) in [7, 11) is 0. The van der Waals surface area contributed by atoms with Crippen LogP contribution in [-0.2, 0) is 13.2 Å². The van der Waals surface area contributed by atoms with Gasteiger partial charge in [-0.25, -0.2) is 4.68 Å². The van der Waals surface area contributed by atoms with Gasteiger partial charge < -0.3 is 10.1 Å². The molecule has 1 N–H and O–H groups in total. The number of benzene rings is 1. The Morgan fingerprint density at radius 1 is 1.20 bits per heavy atom. The van der Waals surface area contributed by atoms with E-state index >= 15 is 0 Å². The summed E-state index contributed by atoms with van der Waals surface area (Å²) in [5.41, 5.74) is 0.662. The molecule has 1 aliphatic rings. The van der Waals surface area contributed by atoms with Crippen LogP contribution in [-0.4, -0.2) is 32.2 Å². The summed E-state index contributed by atoms with van der Waals surface area (Å²) in [6, 6.07) is 7.51. The SMILES string of the molecule is CCn1nnnc1COc1ccc(C(=O)NC2CCCCCC2)cc1. The first-order chi connectivity index (χ1) is 12.3. The van der Waals surface area contributed by atoms with Gasteiger partial charge in [-0.05, 0) is 54.5 Å². The van der Waals surface area contributed by atoms with Crippen LogP contribution in [0.3, 0.4) is 0 Å². The highest BCUT2D eigenvalue weighted by molar-refractivity contribution is 5.94. The fourth-order valence-electron chi connectivity index (χ4n) is 3.12. The van der Waals surface area contributed by atoms with Crippen LogP contribution >= 0.6 is 0 Å². The molecule has 0 unspecified atom stereocenters. The molecule has 134 valence electrons. The molecule has 2 aromatic rings. The van der Waals surface area contributed by atoms with Crippen molar-refractivity contribution in [1.29, 1.82) is 0 Å². The Hall–Kier alpha value is -2.44. The number of amides is 1. The van der Waals surface area contributed by atoms with Gasteiger partial charge in [0.05, 0.1) is 0 Å². The number of hydrogen-bond donors (Lipinski definition) is 1. The Morgan fingerprint density at radius 3 is 2.60 bits per heavy atom. The topological polar surface area (TPSA) is 81.9 Å². The largest absolute Gasteiger partial charge is 0.486 e. The third-order valence-electron chi connectivity index (χ3n) is 4.58. The first-order valence-corrected chi connectivity index (χ1v) is 9.05. The lowest BCUT2D eigenvalue weighted by molar-refractivity contribution is 0.0933. The summed E-state index contributed by atoms with van der Waals surface area (Å²) in [6.45, 7) is 2.97. The number of aryl methyl sites for hydroxylation is 1. The number of hydrogen-bond acceptors (Lipinski definition) is 5. The van der Waals surface area contributed by atoms with Crippen molar-refractivity contribution in [1.82, 2.24) is 25.5 Å². The fourth-order valence-corrected chi connectivity index (χ4v) is 3.12. The molecule has 7 nitrogen and oxygen atoms in total. The lowest BCUT2D eigenvalue weighted by atomic mass is 10.1. The van der Waals surface area contributed by atoms with E-state index in [0.29, 0.717) is 36.3 Å². The fraction of sp³-hybridized carbons (Fsp3) is 0.556.